The molecule has 0 bridgehead atoms. The summed E-state index contributed by atoms with van der Waals surface area (Å²) >= 11 is 0. The number of anilines is 1. The molecule has 0 atom stereocenters. The largest absolute Gasteiger partial charge is 0.336 e. The molecule has 1 aliphatic heterocycles. The number of nitro benzene ring substituents is 1. The lowest BCUT2D eigenvalue weighted by atomic mass is 10.1. The Kier molecular flexibility index (Phi) is 6.18. The first-order chi connectivity index (χ1) is 13.8. The van der Waals surface area contributed by atoms with Gasteiger partial charge in [-0.3, -0.25) is 24.6 Å². The average molecular weight is 400 g/mol. The second-order valence-corrected chi connectivity index (χ2v) is 6.85. The molecule has 1 heterocycles. The molecule has 0 aliphatic carbocycles. The summed E-state index contributed by atoms with van der Waals surface area (Å²) in [6.45, 7) is 3.43. The number of piperazine rings is 1. The second kappa shape index (κ2) is 8.78. The van der Waals surface area contributed by atoms with Gasteiger partial charge in [0.1, 0.15) is 11.4 Å². The van der Waals surface area contributed by atoms with Gasteiger partial charge in [0.05, 0.1) is 11.5 Å². The number of halogens is 1. The Balaban J connectivity index is 1.56. The van der Waals surface area contributed by atoms with Gasteiger partial charge in [0.2, 0.25) is 5.91 Å². The maximum absolute atomic E-state index is 12.9. The van der Waals surface area contributed by atoms with E-state index in [2.05, 4.69) is 5.32 Å². The van der Waals surface area contributed by atoms with Crippen molar-refractivity contribution in [1.29, 1.82) is 0 Å². The van der Waals surface area contributed by atoms with Gasteiger partial charge in [0.15, 0.2) is 0 Å². The van der Waals surface area contributed by atoms with E-state index in [1.54, 1.807) is 24.0 Å². The summed E-state index contributed by atoms with van der Waals surface area (Å²) in [6, 6.07) is 10.2. The summed E-state index contributed by atoms with van der Waals surface area (Å²) in [6.07, 6.45) is 0. The molecule has 3 rings (SSSR count). The molecule has 0 unspecified atom stereocenters. The zero-order valence-electron chi connectivity index (χ0n) is 15.9. The number of nitrogens with one attached hydrogen (secondary N) is 1. The van der Waals surface area contributed by atoms with Gasteiger partial charge < -0.3 is 10.2 Å². The Morgan fingerprint density at radius 2 is 1.76 bits per heavy atom. The number of nitro groups is 1. The molecular weight excluding hydrogens is 379 g/mol. The summed E-state index contributed by atoms with van der Waals surface area (Å²) in [4.78, 5) is 39.2. The van der Waals surface area contributed by atoms with Gasteiger partial charge in [0.25, 0.3) is 11.6 Å². The summed E-state index contributed by atoms with van der Waals surface area (Å²) < 4.78 is 12.9. The van der Waals surface area contributed by atoms with Crippen LogP contribution in [0.15, 0.2) is 42.5 Å². The van der Waals surface area contributed by atoms with Crippen LogP contribution in [0.1, 0.15) is 15.9 Å². The normalized spacial score (nSPS) is 14.5. The molecular formula is C20H21FN4O4. The van der Waals surface area contributed by atoms with E-state index in [1.165, 1.54) is 30.3 Å². The molecule has 29 heavy (non-hydrogen) atoms. The van der Waals surface area contributed by atoms with Crippen molar-refractivity contribution in [2.45, 2.75) is 6.92 Å². The van der Waals surface area contributed by atoms with Crippen molar-refractivity contribution in [3.63, 3.8) is 0 Å². The van der Waals surface area contributed by atoms with E-state index in [9.17, 15) is 24.1 Å². The van der Waals surface area contributed by atoms with Crippen LogP contribution < -0.4 is 5.32 Å². The van der Waals surface area contributed by atoms with E-state index in [0.29, 0.717) is 37.4 Å². The predicted molar refractivity (Wildman–Crippen MR) is 105 cm³/mol. The van der Waals surface area contributed by atoms with E-state index >= 15 is 0 Å². The molecule has 152 valence electrons. The molecule has 2 amide bonds. The monoisotopic (exact) mass is 400 g/mol. The number of carbonyl (C=O) groups is 2. The molecule has 0 saturated carbocycles. The number of nitrogens with zero attached hydrogens (tertiary/aromatic N) is 3. The smallest absolute Gasteiger partial charge is 0.285 e. The Hall–Kier alpha value is -3.33. The predicted octanol–water partition coefficient (Wildman–Crippen LogP) is 2.44. The highest BCUT2D eigenvalue weighted by Crippen LogP contribution is 2.24. The standard InChI is InChI=1S/C20H21FN4O4/c1-14-3-2-4-17(19(14)25(28)29)20(27)24-11-9-23(10-12-24)13-18(26)22-16-7-5-15(21)6-8-16/h2-8H,9-13H2,1H3,(H,22,26). The van der Waals surface area contributed by atoms with Crippen LogP contribution in [0.2, 0.25) is 0 Å². The third kappa shape index (κ3) is 4.94. The van der Waals surface area contributed by atoms with Crippen LogP contribution in [0.4, 0.5) is 15.8 Å². The van der Waals surface area contributed by atoms with Gasteiger partial charge in [-0.1, -0.05) is 12.1 Å². The molecule has 2 aromatic carbocycles. The molecule has 0 spiro atoms. The molecule has 9 heteroatoms. The van der Waals surface area contributed by atoms with E-state index in [4.69, 9.17) is 0 Å². The third-order valence-corrected chi connectivity index (χ3v) is 4.81. The molecule has 0 radical (unpaired) electrons. The van der Waals surface area contributed by atoms with Crippen LogP contribution >= 0.6 is 0 Å². The number of benzene rings is 2. The van der Waals surface area contributed by atoms with Crippen LogP contribution in [-0.4, -0.2) is 59.3 Å². The van der Waals surface area contributed by atoms with Crippen molar-refractivity contribution in [3.05, 3.63) is 69.5 Å². The fourth-order valence-electron chi connectivity index (χ4n) is 3.29. The molecule has 8 nitrogen and oxygen atoms in total. The van der Waals surface area contributed by atoms with Crippen molar-refractivity contribution in [2.24, 2.45) is 0 Å². The quantitative estimate of drug-likeness (QED) is 0.614. The minimum Gasteiger partial charge on any atom is -0.336 e. The van der Waals surface area contributed by atoms with Crippen molar-refractivity contribution in [3.8, 4) is 0 Å². The summed E-state index contributed by atoms with van der Waals surface area (Å²) in [5.74, 6) is -0.987. The highest BCUT2D eigenvalue weighted by molar-refractivity contribution is 5.98. The topological polar surface area (TPSA) is 95.8 Å². The Labute approximate surface area is 167 Å². The van der Waals surface area contributed by atoms with Crippen LogP contribution in [0, 0.1) is 22.9 Å². The number of hydrogen-bond acceptors (Lipinski definition) is 5. The number of carbonyl (C=O) groups excluding carboxylic acids is 2. The van der Waals surface area contributed by atoms with Crippen LogP contribution in [0.3, 0.4) is 0 Å². The van der Waals surface area contributed by atoms with E-state index in [1.807, 2.05) is 4.90 Å². The number of hydrogen-bond donors (Lipinski definition) is 1. The van der Waals surface area contributed by atoms with Gasteiger partial charge in [-0.15, -0.1) is 0 Å². The lowest BCUT2D eigenvalue weighted by molar-refractivity contribution is -0.385. The molecule has 1 fully saturated rings. The lowest BCUT2D eigenvalue weighted by Crippen LogP contribution is -2.50. The first-order valence-corrected chi connectivity index (χ1v) is 9.16. The van der Waals surface area contributed by atoms with E-state index in [0.717, 1.165) is 0 Å². The van der Waals surface area contributed by atoms with Gasteiger partial charge in [0, 0.05) is 37.4 Å². The Morgan fingerprint density at radius 3 is 2.38 bits per heavy atom. The van der Waals surface area contributed by atoms with Crippen LogP contribution in [0.5, 0.6) is 0 Å². The third-order valence-electron chi connectivity index (χ3n) is 4.81. The fraction of sp³-hybridized carbons (Fsp3) is 0.300. The zero-order valence-corrected chi connectivity index (χ0v) is 15.9. The number of rotatable bonds is 5. The van der Waals surface area contributed by atoms with Gasteiger partial charge in [-0.25, -0.2) is 4.39 Å². The molecule has 1 N–H and O–H groups in total. The minimum absolute atomic E-state index is 0.0810. The molecule has 0 aromatic heterocycles. The minimum atomic E-state index is -0.529. The summed E-state index contributed by atoms with van der Waals surface area (Å²) in [5, 5.41) is 14.0. The van der Waals surface area contributed by atoms with Crippen molar-refractivity contribution < 1.29 is 18.9 Å². The highest BCUT2D eigenvalue weighted by Gasteiger charge is 2.29. The van der Waals surface area contributed by atoms with Crippen LogP contribution in [-0.2, 0) is 4.79 Å². The summed E-state index contributed by atoms with van der Waals surface area (Å²) in [5.41, 5.74) is 0.866. The Bertz CT molecular complexity index is 925. The maximum atomic E-state index is 12.9. The lowest BCUT2D eigenvalue weighted by Gasteiger charge is -2.34. The van der Waals surface area contributed by atoms with Gasteiger partial charge in [-0.05, 0) is 37.3 Å². The molecule has 2 aromatic rings. The second-order valence-electron chi connectivity index (χ2n) is 6.85. The first kappa shape index (κ1) is 20.4. The highest BCUT2D eigenvalue weighted by atomic mass is 19.1. The van der Waals surface area contributed by atoms with Crippen LogP contribution in [0.25, 0.3) is 0 Å². The van der Waals surface area contributed by atoms with Gasteiger partial charge >= 0.3 is 0 Å². The average Bonchev–Trinajstić information content (AvgIpc) is 2.69. The number of para-hydroxylation sites is 1. The fourth-order valence-corrected chi connectivity index (χ4v) is 3.29. The van der Waals surface area contributed by atoms with Crippen molar-refractivity contribution >= 4 is 23.2 Å². The molecule has 1 saturated heterocycles. The zero-order chi connectivity index (χ0) is 21.0. The van der Waals surface area contributed by atoms with E-state index < -0.39 is 4.92 Å². The molecule has 1 aliphatic rings. The number of aryl methyl sites for hydroxylation is 1. The van der Waals surface area contributed by atoms with Gasteiger partial charge in [-0.2, -0.15) is 0 Å². The Morgan fingerprint density at radius 1 is 1.10 bits per heavy atom. The van der Waals surface area contributed by atoms with Crippen molar-refractivity contribution in [1.82, 2.24) is 9.80 Å². The first-order valence-electron chi connectivity index (χ1n) is 9.16. The van der Waals surface area contributed by atoms with Crippen molar-refractivity contribution in [2.75, 3.05) is 38.0 Å². The van der Waals surface area contributed by atoms with E-state index in [-0.39, 0.29) is 35.4 Å². The number of amides is 2. The SMILES string of the molecule is Cc1cccc(C(=O)N2CCN(CC(=O)Nc3ccc(F)cc3)CC2)c1[N+](=O)[O-]. The maximum Gasteiger partial charge on any atom is 0.285 e. The summed E-state index contributed by atoms with van der Waals surface area (Å²) in [7, 11) is 0.